The Kier molecular flexibility index (Phi) is 7.92. The molecule has 27 heavy (non-hydrogen) atoms. The largest absolute Gasteiger partial charge is 0.480 e. The lowest BCUT2D eigenvalue weighted by Crippen LogP contribution is -2.45. The molecule has 2 atom stereocenters. The highest BCUT2D eigenvalue weighted by atomic mass is 32.1. The Morgan fingerprint density at radius 2 is 1.59 bits per heavy atom. The van der Waals surface area contributed by atoms with Crippen LogP contribution in [0.2, 0.25) is 0 Å². The van der Waals surface area contributed by atoms with E-state index in [1.807, 2.05) is 56.3 Å². The first kappa shape index (κ1) is 21.0. The van der Waals surface area contributed by atoms with Gasteiger partial charge in [0.15, 0.2) is 0 Å². The summed E-state index contributed by atoms with van der Waals surface area (Å²) in [6, 6.07) is 17.3. The molecule has 2 aromatic carbocycles. The fraction of sp³-hybridized carbons (Fsp3) is 0.364. The van der Waals surface area contributed by atoms with Gasteiger partial charge in [0.1, 0.15) is 6.04 Å². The van der Waals surface area contributed by atoms with Gasteiger partial charge in [0, 0.05) is 5.75 Å². The first-order valence-corrected chi connectivity index (χ1v) is 9.82. The van der Waals surface area contributed by atoms with Gasteiger partial charge in [-0.3, -0.25) is 4.79 Å². The molecule has 1 unspecified atom stereocenters. The number of thiol groups is 1. The van der Waals surface area contributed by atoms with Gasteiger partial charge in [-0.1, -0.05) is 68.4 Å². The minimum atomic E-state index is -0.998. The number of nitrogens with one attached hydrogen (secondary N) is 1. The molecule has 0 aliphatic rings. The fourth-order valence-corrected chi connectivity index (χ4v) is 3.27. The van der Waals surface area contributed by atoms with Crippen molar-refractivity contribution in [2.24, 2.45) is 11.8 Å². The molecule has 2 rings (SSSR count). The number of amides is 1. The van der Waals surface area contributed by atoms with E-state index in [2.05, 4.69) is 30.1 Å². The Morgan fingerprint density at radius 1 is 1.00 bits per heavy atom. The summed E-state index contributed by atoms with van der Waals surface area (Å²) in [7, 11) is 0. The van der Waals surface area contributed by atoms with Crippen LogP contribution in [0.15, 0.2) is 54.6 Å². The average Bonchev–Trinajstić information content (AvgIpc) is 2.66. The van der Waals surface area contributed by atoms with E-state index in [1.165, 1.54) is 0 Å². The predicted octanol–water partition coefficient (Wildman–Crippen LogP) is 4.06. The Morgan fingerprint density at radius 3 is 2.11 bits per heavy atom. The SMILES string of the molecule is CC(C)C[C@H](NC(=O)C(CS)Cc1ccc(-c2ccccc2)cc1)C(=O)O. The molecule has 0 saturated heterocycles. The van der Waals surface area contributed by atoms with E-state index in [4.69, 9.17) is 0 Å². The van der Waals surface area contributed by atoms with Crippen LogP contribution in [0.25, 0.3) is 11.1 Å². The number of hydrogen-bond donors (Lipinski definition) is 3. The van der Waals surface area contributed by atoms with Crippen molar-refractivity contribution >= 4 is 24.5 Å². The summed E-state index contributed by atoms with van der Waals surface area (Å²) in [6.45, 7) is 3.87. The number of carbonyl (C=O) groups excluding carboxylic acids is 1. The summed E-state index contributed by atoms with van der Waals surface area (Å²) in [5.41, 5.74) is 3.29. The Labute approximate surface area is 166 Å². The van der Waals surface area contributed by atoms with E-state index >= 15 is 0 Å². The van der Waals surface area contributed by atoms with Crippen LogP contribution in [-0.4, -0.2) is 28.8 Å². The molecule has 0 spiro atoms. The third-order valence-electron chi connectivity index (χ3n) is 4.46. The number of carboxylic acids is 1. The van der Waals surface area contributed by atoms with Crippen molar-refractivity contribution in [2.45, 2.75) is 32.7 Å². The summed E-state index contributed by atoms with van der Waals surface area (Å²) in [5.74, 6) is -1.08. The zero-order valence-corrected chi connectivity index (χ0v) is 16.7. The van der Waals surface area contributed by atoms with Crippen molar-refractivity contribution in [1.82, 2.24) is 5.32 Å². The third kappa shape index (κ3) is 6.43. The first-order valence-electron chi connectivity index (χ1n) is 9.19. The lowest BCUT2D eigenvalue weighted by Gasteiger charge is -2.20. The van der Waals surface area contributed by atoms with E-state index in [9.17, 15) is 14.7 Å². The van der Waals surface area contributed by atoms with Crippen LogP contribution in [0.1, 0.15) is 25.8 Å². The van der Waals surface area contributed by atoms with Gasteiger partial charge >= 0.3 is 5.97 Å². The Bertz CT molecular complexity index is 744. The molecular weight excluding hydrogens is 358 g/mol. The van der Waals surface area contributed by atoms with Gasteiger partial charge in [-0.2, -0.15) is 12.6 Å². The van der Waals surface area contributed by atoms with E-state index in [1.54, 1.807) is 0 Å². The van der Waals surface area contributed by atoms with Crippen LogP contribution in [0.4, 0.5) is 0 Å². The smallest absolute Gasteiger partial charge is 0.326 e. The molecule has 0 heterocycles. The minimum absolute atomic E-state index is 0.186. The van der Waals surface area contributed by atoms with E-state index < -0.39 is 12.0 Å². The lowest BCUT2D eigenvalue weighted by atomic mass is 9.96. The number of carbonyl (C=O) groups is 2. The van der Waals surface area contributed by atoms with E-state index in [-0.39, 0.29) is 17.7 Å². The van der Waals surface area contributed by atoms with Crippen LogP contribution in [0.3, 0.4) is 0 Å². The zero-order valence-electron chi connectivity index (χ0n) is 15.8. The molecule has 0 aliphatic heterocycles. The summed E-state index contributed by atoms with van der Waals surface area (Å²) >= 11 is 4.30. The van der Waals surface area contributed by atoms with Crippen molar-refractivity contribution in [3.63, 3.8) is 0 Å². The van der Waals surface area contributed by atoms with Gasteiger partial charge in [0.2, 0.25) is 5.91 Å². The normalized spacial score (nSPS) is 13.2. The summed E-state index contributed by atoms with van der Waals surface area (Å²) in [6.07, 6.45) is 0.935. The average molecular weight is 386 g/mol. The molecule has 0 bridgehead atoms. The van der Waals surface area contributed by atoms with Crippen molar-refractivity contribution in [3.05, 3.63) is 60.2 Å². The zero-order chi connectivity index (χ0) is 19.8. The van der Waals surface area contributed by atoms with Crippen molar-refractivity contribution in [1.29, 1.82) is 0 Å². The molecular formula is C22H27NO3S. The van der Waals surface area contributed by atoms with Crippen LogP contribution >= 0.6 is 12.6 Å². The second-order valence-electron chi connectivity index (χ2n) is 7.18. The monoisotopic (exact) mass is 385 g/mol. The quantitative estimate of drug-likeness (QED) is 0.570. The maximum absolute atomic E-state index is 12.5. The molecule has 5 heteroatoms. The maximum atomic E-state index is 12.5. The van der Waals surface area contributed by atoms with E-state index in [0.717, 1.165) is 16.7 Å². The highest BCUT2D eigenvalue weighted by Crippen LogP contribution is 2.21. The molecule has 0 aromatic heterocycles. The molecule has 2 N–H and O–H groups in total. The van der Waals surface area contributed by atoms with Crippen LogP contribution in [0.5, 0.6) is 0 Å². The second kappa shape index (κ2) is 10.2. The number of benzene rings is 2. The summed E-state index contributed by atoms with van der Waals surface area (Å²) in [5, 5.41) is 12.0. The first-order chi connectivity index (χ1) is 12.9. The number of carboxylic acid groups (broad SMARTS) is 1. The maximum Gasteiger partial charge on any atom is 0.326 e. The minimum Gasteiger partial charge on any atom is -0.480 e. The second-order valence-corrected chi connectivity index (χ2v) is 7.54. The van der Waals surface area contributed by atoms with Gasteiger partial charge in [-0.05, 0) is 35.4 Å². The van der Waals surface area contributed by atoms with Gasteiger partial charge in [0.05, 0.1) is 5.92 Å². The molecule has 4 nitrogen and oxygen atoms in total. The third-order valence-corrected chi connectivity index (χ3v) is 4.90. The molecule has 0 fully saturated rings. The van der Waals surface area contributed by atoms with Gasteiger partial charge in [-0.25, -0.2) is 4.79 Å². The summed E-state index contributed by atoms with van der Waals surface area (Å²) in [4.78, 5) is 23.9. The Balaban J connectivity index is 2.03. The molecule has 0 aliphatic carbocycles. The molecule has 2 aromatic rings. The lowest BCUT2D eigenvalue weighted by molar-refractivity contribution is -0.142. The van der Waals surface area contributed by atoms with Crippen molar-refractivity contribution in [3.8, 4) is 11.1 Å². The molecule has 144 valence electrons. The molecule has 0 radical (unpaired) electrons. The van der Waals surface area contributed by atoms with E-state index in [0.29, 0.717) is 18.6 Å². The summed E-state index contributed by atoms with van der Waals surface area (Å²) < 4.78 is 0. The highest BCUT2D eigenvalue weighted by molar-refractivity contribution is 7.80. The fourth-order valence-electron chi connectivity index (χ4n) is 2.97. The van der Waals surface area contributed by atoms with Crippen LogP contribution < -0.4 is 5.32 Å². The van der Waals surface area contributed by atoms with Crippen LogP contribution in [0, 0.1) is 11.8 Å². The predicted molar refractivity (Wildman–Crippen MR) is 112 cm³/mol. The molecule has 0 saturated carbocycles. The van der Waals surface area contributed by atoms with Crippen LogP contribution in [-0.2, 0) is 16.0 Å². The highest BCUT2D eigenvalue weighted by Gasteiger charge is 2.25. The number of hydrogen-bond acceptors (Lipinski definition) is 3. The standard InChI is InChI=1S/C22H27NO3S/c1-15(2)12-20(22(25)26)23-21(24)19(14-27)13-16-8-10-18(11-9-16)17-6-4-3-5-7-17/h3-11,15,19-20,27H,12-14H2,1-2H3,(H,23,24)(H,25,26)/t19?,20-/m0/s1. The Hall–Kier alpha value is -2.27. The number of rotatable bonds is 9. The number of aliphatic carboxylic acids is 1. The van der Waals surface area contributed by atoms with Gasteiger partial charge in [0.25, 0.3) is 0 Å². The molecule has 1 amide bonds. The van der Waals surface area contributed by atoms with Gasteiger partial charge < -0.3 is 10.4 Å². The van der Waals surface area contributed by atoms with Gasteiger partial charge in [-0.15, -0.1) is 0 Å². The van der Waals surface area contributed by atoms with Crippen molar-refractivity contribution in [2.75, 3.05) is 5.75 Å². The van der Waals surface area contributed by atoms with Crippen molar-refractivity contribution < 1.29 is 14.7 Å². The topological polar surface area (TPSA) is 66.4 Å².